The van der Waals surface area contributed by atoms with Gasteiger partial charge in [-0.2, -0.15) is 0 Å². The lowest BCUT2D eigenvalue weighted by atomic mass is 9.87. The van der Waals surface area contributed by atoms with E-state index in [1.807, 2.05) is 19.1 Å². The van der Waals surface area contributed by atoms with E-state index in [2.05, 4.69) is 11.1 Å². The van der Waals surface area contributed by atoms with Crippen molar-refractivity contribution < 1.29 is 24.5 Å². The minimum Gasteiger partial charge on any atom is -0.508 e. The maximum atomic E-state index is 11.9. The summed E-state index contributed by atoms with van der Waals surface area (Å²) in [6.07, 6.45) is 3.97. The molecule has 0 aliphatic carbocycles. The number of hydrogen-bond donors (Lipinski definition) is 2. The molecule has 178 valence electrons. The van der Waals surface area contributed by atoms with Crippen LogP contribution in [0.2, 0.25) is 0 Å². The van der Waals surface area contributed by atoms with Crippen LogP contribution in [0, 0.1) is 6.92 Å². The molecule has 0 saturated carbocycles. The van der Waals surface area contributed by atoms with Crippen LogP contribution in [0.15, 0.2) is 36.5 Å². The number of aromatic nitrogens is 2. The summed E-state index contributed by atoms with van der Waals surface area (Å²) in [6, 6.07) is 9.35. The van der Waals surface area contributed by atoms with Gasteiger partial charge in [-0.15, -0.1) is 0 Å². The highest BCUT2D eigenvalue weighted by atomic mass is 16.5. The molecule has 2 aliphatic rings. The van der Waals surface area contributed by atoms with E-state index in [1.54, 1.807) is 23.2 Å². The van der Waals surface area contributed by atoms with Gasteiger partial charge in [-0.05, 0) is 61.0 Å². The number of fused-ring (bicyclic) bond motifs is 1. The van der Waals surface area contributed by atoms with Crippen LogP contribution < -0.4 is 4.74 Å². The Morgan fingerprint density at radius 1 is 1.18 bits per heavy atom. The lowest BCUT2D eigenvalue weighted by Crippen LogP contribution is -2.33. The summed E-state index contributed by atoms with van der Waals surface area (Å²) >= 11 is 0. The van der Waals surface area contributed by atoms with E-state index in [4.69, 9.17) is 14.5 Å². The first kappa shape index (κ1) is 22.6. The van der Waals surface area contributed by atoms with Crippen molar-refractivity contribution >= 4 is 16.7 Å². The predicted octanol–water partition coefficient (Wildman–Crippen LogP) is 3.18. The zero-order valence-corrected chi connectivity index (χ0v) is 19.2. The number of ether oxygens (including phenoxy) is 2. The van der Waals surface area contributed by atoms with Gasteiger partial charge in [0, 0.05) is 54.9 Å². The number of pyridine rings is 2. The van der Waals surface area contributed by atoms with Crippen molar-refractivity contribution in [2.45, 2.75) is 38.2 Å². The minimum absolute atomic E-state index is 0.137. The Morgan fingerprint density at radius 2 is 2.00 bits per heavy atom. The predicted molar refractivity (Wildman–Crippen MR) is 127 cm³/mol. The molecular weight excluding hydrogens is 434 g/mol. The SMILES string of the molecule is Cc1cc(-c2c(C3CCOCC3)nc(OC3CCN(C(=O)CO)C3)c3cc(O)ccc23)ccn1. The van der Waals surface area contributed by atoms with E-state index in [9.17, 15) is 15.0 Å². The average Bonchev–Trinajstić information content (AvgIpc) is 3.32. The number of nitrogens with zero attached hydrogens (tertiary/aromatic N) is 3. The molecule has 2 fully saturated rings. The molecule has 1 unspecified atom stereocenters. The first-order valence-corrected chi connectivity index (χ1v) is 11.8. The molecule has 3 aromatic rings. The highest BCUT2D eigenvalue weighted by molar-refractivity contribution is 6.01. The zero-order chi connectivity index (χ0) is 23.7. The summed E-state index contributed by atoms with van der Waals surface area (Å²) < 4.78 is 12.0. The van der Waals surface area contributed by atoms with Gasteiger partial charge >= 0.3 is 0 Å². The fourth-order valence-electron chi connectivity index (χ4n) is 4.96. The van der Waals surface area contributed by atoms with Gasteiger partial charge in [0.2, 0.25) is 11.8 Å². The number of carbonyl (C=O) groups is 1. The Bertz CT molecular complexity index is 1210. The molecule has 1 amide bonds. The molecule has 0 bridgehead atoms. The molecule has 8 heteroatoms. The fourth-order valence-corrected chi connectivity index (χ4v) is 4.96. The van der Waals surface area contributed by atoms with Gasteiger partial charge in [0.1, 0.15) is 18.5 Å². The second kappa shape index (κ2) is 9.56. The van der Waals surface area contributed by atoms with Crippen LogP contribution in [-0.2, 0) is 9.53 Å². The molecule has 4 heterocycles. The van der Waals surface area contributed by atoms with Gasteiger partial charge in [-0.3, -0.25) is 9.78 Å². The minimum atomic E-state index is -0.504. The number of aliphatic hydroxyl groups is 1. The summed E-state index contributed by atoms with van der Waals surface area (Å²) in [5.41, 5.74) is 3.94. The zero-order valence-electron chi connectivity index (χ0n) is 19.2. The van der Waals surface area contributed by atoms with Crippen LogP contribution in [0.4, 0.5) is 0 Å². The third-order valence-corrected chi connectivity index (χ3v) is 6.69. The third-order valence-electron chi connectivity index (χ3n) is 6.69. The number of amides is 1. The maximum absolute atomic E-state index is 11.9. The van der Waals surface area contributed by atoms with E-state index in [-0.39, 0.29) is 23.7 Å². The lowest BCUT2D eigenvalue weighted by molar-refractivity contribution is -0.133. The van der Waals surface area contributed by atoms with Crippen molar-refractivity contribution in [3.8, 4) is 22.8 Å². The first-order chi connectivity index (χ1) is 16.5. The van der Waals surface area contributed by atoms with Gasteiger partial charge in [-0.1, -0.05) is 0 Å². The quantitative estimate of drug-likeness (QED) is 0.599. The lowest BCUT2D eigenvalue weighted by Gasteiger charge is -2.26. The topological polar surface area (TPSA) is 105 Å². The van der Waals surface area contributed by atoms with Gasteiger partial charge in [-0.25, -0.2) is 4.98 Å². The molecule has 2 N–H and O–H groups in total. The first-order valence-electron chi connectivity index (χ1n) is 11.8. The van der Waals surface area contributed by atoms with Crippen molar-refractivity contribution in [3.05, 3.63) is 47.9 Å². The number of aryl methyl sites for hydroxylation is 1. The van der Waals surface area contributed by atoms with E-state index in [0.29, 0.717) is 38.6 Å². The fraction of sp³-hybridized carbons (Fsp3) is 0.423. The molecule has 8 nitrogen and oxygen atoms in total. The van der Waals surface area contributed by atoms with Gasteiger partial charge < -0.3 is 24.6 Å². The van der Waals surface area contributed by atoms with Gasteiger partial charge in [0.05, 0.1) is 12.2 Å². The number of phenolic OH excluding ortho intramolecular Hbond substituents is 1. The standard InChI is InChI=1S/C26H29N3O5/c1-16-12-18(4-8-27-16)24-21-3-2-19(31)13-22(21)26(28-25(24)17-6-10-33-11-7-17)34-20-5-9-29(14-20)23(32)15-30/h2-4,8,12-13,17,20,30-31H,5-7,9-11,14-15H2,1H3. The summed E-state index contributed by atoms with van der Waals surface area (Å²) in [6.45, 7) is 3.77. The second-order valence-electron chi connectivity index (χ2n) is 9.01. The number of aromatic hydroxyl groups is 1. The Kier molecular flexibility index (Phi) is 6.34. The van der Waals surface area contributed by atoms with E-state index < -0.39 is 6.61 Å². The molecule has 0 radical (unpaired) electrons. The Balaban J connectivity index is 1.63. The van der Waals surface area contributed by atoms with Gasteiger partial charge in [0.25, 0.3) is 0 Å². The van der Waals surface area contributed by atoms with Crippen molar-refractivity contribution in [1.29, 1.82) is 0 Å². The van der Waals surface area contributed by atoms with Crippen LogP contribution >= 0.6 is 0 Å². The van der Waals surface area contributed by atoms with Crippen molar-refractivity contribution in [2.75, 3.05) is 32.9 Å². The number of rotatable bonds is 5. The molecule has 1 atom stereocenters. The van der Waals surface area contributed by atoms with Crippen molar-refractivity contribution in [3.63, 3.8) is 0 Å². The normalized spacial score (nSPS) is 19.0. The molecule has 2 saturated heterocycles. The summed E-state index contributed by atoms with van der Waals surface area (Å²) in [4.78, 5) is 22.9. The van der Waals surface area contributed by atoms with Crippen LogP contribution in [0.25, 0.3) is 21.9 Å². The third kappa shape index (κ3) is 4.43. The Hall–Kier alpha value is -3.23. The number of carbonyl (C=O) groups excluding carboxylic acids is 1. The number of hydrogen-bond acceptors (Lipinski definition) is 7. The molecule has 34 heavy (non-hydrogen) atoms. The van der Waals surface area contributed by atoms with Crippen LogP contribution in [-0.4, -0.2) is 70.0 Å². The smallest absolute Gasteiger partial charge is 0.248 e. The maximum Gasteiger partial charge on any atom is 0.248 e. The van der Waals surface area contributed by atoms with Crippen LogP contribution in [0.1, 0.15) is 36.6 Å². The van der Waals surface area contributed by atoms with E-state index in [0.717, 1.165) is 46.1 Å². The summed E-state index contributed by atoms with van der Waals surface area (Å²) in [5.74, 6) is 0.519. The highest BCUT2D eigenvalue weighted by Crippen LogP contribution is 2.42. The average molecular weight is 464 g/mol. The molecule has 1 aromatic carbocycles. The van der Waals surface area contributed by atoms with E-state index >= 15 is 0 Å². The number of aliphatic hydroxyl groups excluding tert-OH is 1. The Labute approximate surface area is 198 Å². The number of phenols is 1. The molecule has 0 spiro atoms. The highest BCUT2D eigenvalue weighted by Gasteiger charge is 2.30. The molecule has 5 rings (SSSR count). The number of benzene rings is 1. The second-order valence-corrected chi connectivity index (χ2v) is 9.01. The molecular formula is C26H29N3O5. The van der Waals surface area contributed by atoms with E-state index in [1.165, 1.54) is 0 Å². The molecule has 2 aromatic heterocycles. The van der Waals surface area contributed by atoms with Gasteiger partial charge in [0.15, 0.2) is 0 Å². The van der Waals surface area contributed by atoms with Crippen molar-refractivity contribution in [2.24, 2.45) is 0 Å². The summed E-state index contributed by atoms with van der Waals surface area (Å²) in [7, 11) is 0. The Morgan fingerprint density at radius 3 is 2.76 bits per heavy atom. The molecule has 2 aliphatic heterocycles. The van der Waals surface area contributed by atoms with Crippen LogP contribution in [0.5, 0.6) is 11.6 Å². The largest absolute Gasteiger partial charge is 0.508 e. The van der Waals surface area contributed by atoms with Crippen molar-refractivity contribution in [1.82, 2.24) is 14.9 Å². The monoisotopic (exact) mass is 463 g/mol. The van der Waals surface area contributed by atoms with Crippen LogP contribution in [0.3, 0.4) is 0 Å². The summed E-state index contributed by atoms with van der Waals surface area (Å²) in [5, 5.41) is 21.2. The number of likely N-dealkylation sites (tertiary alicyclic amines) is 1.